The Bertz CT molecular complexity index is 534. The van der Waals surface area contributed by atoms with Crippen molar-refractivity contribution in [1.29, 1.82) is 0 Å². The van der Waals surface area contributed by atoms with Crippen molar-refractivity contribution in [2.45, 2.75) is 26.2 Å². The number of hydrogen-bond donors (Lipinski definition) is 1. The van der Waals surface area contributed by atoms with Gasteiger partial charge in [-0.1, -0.05) is 6.07 Å². The van der Waals surface area contributed by atoms with Crippen LogP contribution in [0.4, 0.5) is 5.69 Å². The van der Waals surface area contributed by atoms with E-state index in [1.54, 1.807) is 14.0 Å². The van der Waals surface area contributed by atoms with Gasteiger partial charge in [-0.2, -0.15) is 0 Å². The molecule has 0 spiro atoms. The van der Waals surface area contributed by atoms with Crippen LogP contribution < -0.4 is 5.32 Å². The van der Waals surface area contributed by atoms with Gasteiger partial charge in [-0.05, 0) is 61.7 Å². The van der Waals surface area contributed by atoms with Crippen LogP contribution >= 0.6 is 12.2 Å². The number of hydrogen-bond acceptors (Lipinski definition) is 4. The summed E-state index contributed by atoms with van der Waals surface area (Å²) in [5, 5.41) is 4.87. The van der Waals surface area contributed by atoms with E-state index >= 15 is 0 Å². The maximum absolute atomic E-state index is 11.2. The average molecular weight is 308 g/mol. The van der Waals surface area contributed by atoms with Crippen molar-refractivity contribution >= 4 is 29.0 Å². The normalized spacial score (nSPS) is 12.7. The summed E-state index contributed by atoms with van der Waals surface area (Å²) in [6.45, 7) is 1.93. The minimum Gasteiger partial charge on any atom is -0.464 e. The lowest BCUT2D eigenvalue weighted by Gasteiger charge is -2.20. The van der Waals surface area contributed by atoms with Gasteiger partial charge in [0.05, 0.1) is 6.61 Å². The van der Waals surface area contributed by atoms with E-state index in [0.717, 1.165) is 18.5 Å². The number of aryl methyl sites for hydroxylation is 2. The Morgan fingerprint density at radius 2 is 2.14 bits per heavy atom. The molecule has 0 amide bonds. The number of benzene rings is 1. The number of thiocarbonyl (C=S) groups is 1. The second-order valence-corrected chi connectivity index (χ2v) is 5.23. The first kappa shape index (κ1) is 15.7. The molecule has 0 fully saturated rings. The first-order valence-corrected chi connectivity index (χ1v) is 7.46. The van der Waals surface area contributed by atoms with Gasteiger partial charge in [0.2, 0.25) is 0 Å². The molecule has 0 heterocycles. The molecule has 0 saturated carbocycles. The highest BCUT2D eigenvalue weighted by Crippen LogP contribution is 2.24. The predicted molar refractivity (Wildman–Crippen MR) is 85.0 cm³/mol. The van der Waals surface area contributed by atoms with Gasteiger partial charge in [-0.25, -0.2) is 9.86 Å². The van der Waals surface area contributed by atoms with Crippen LogP contribution in [0.1, 0.15) is 24.5 Å². The first-order valence-electron chi connectivity index (χ1n) is 7.05. The number of rotatable bonds is 5. The van der Waals surface area contributed by atoms with E-state index < -0.39 is 5.97 Å². The Kier molecular flexibility index (Phi) is 5.52. The smallest absolute Gasteiger partial charge is 0.334 e. The maximum Gasteiger partial charge on any atom is 0.334 e. The first-order chi connectivity index (χ1) is 10.1. The van der Waals surface area contributed by atoms with Crippen molar-refractivity contribution in [2.75, 3.05) is 25.6 Å². The molecule has 0 aliphatic heterocycles. The second kappa shape index (κ2) is 7.38. The average Bonchev–Trinajstić information content (AvgIpc) is 2.92. The van der Waals surface area contributed by atoms with Gasteiger partial charge in [0.1, 0.15) is 0 Å². The Balaban J connectivity index is 1.84. The summed E-state index contributed by atoms with van der Waals surface area (Å²) in [7, 11) is 1.65. The lowest BCUT2D eigenvalue weighted by atomic mass is 10.1. The van der Waals surface area contributed by atoms with Crippen LogP contribution in [0.2, 0.25) is 0 Å². The van der Waals surface area contributed by atoms with E-state index in [0.29, 0.717) is 11.7 Å². The van der Waals surface area contributed by atoms with Crippen molar-refractivity contribution in [2.24, 2.45) is 0 Å². The van der Waals surface area contributed by atoms with E-state index in [4.69, 9.17) is 21.8 Å². The molecule has 1 aromatic carbocycles. The number of hydroxylamine groups is 2. The Morgan fingerprint density at radius 1 is 1.38 bits per heavy atom. The van der Waals surface area contributed by atoms with Gasteiger partial charge in [0.15, 0.2) is 11.7 Å². The van der Waals surface area contributed by atoms with Crippen LogP contribution in [0.3, 0.4) is 0 Å². The van der Waals surface area contributed by atoms with E-state index in [2.05, 4.69) is 17.4 Å². The molecule has 0 unspecified atom stereocenters. The molecule has 2 rings (SSSR count). The number of fused-ring (bicyclic) bond motifs is 1. The van der Waals surface area contributed by atoms with Crippen LogP contribution in [0, 0.1) is 0 Å². The van der Waals surface area contributed by atoms with Crippen molar-refractivity contribution in [1.82, 2.24) is 5.06 Å². The molecule has 6 heteroatoms. The molecule has 1 N–H and O–H groups in total. The maximum atomic E-state index is 11.2. The third-order valence-corrected chi connectivity index (χ3v) is 3.68. The molecule has 0 bridgehead atoms. The topological polar surface area (TPSA) is 50.8 Å². The van der Waals surface area contributed by atoms with E-state index in [1.807, 2.05) is 6.07 Å². The molecule has 114 valence electrons. The summed E-state index contributed by atoms with van der Waals surface area (Å²) in [4.78, 5) is 16.5. The molecule has 0 saturated heterocycles. The van der Waals surface area contributed by atoms with E-state index in [9.17, 15) is 4.79 Å². The van der Waals surface area contributed by atoms with E-state index in [-0.39, 0.29) is 6.61 Å². The fourth-order valence-electron chi connectivity index (χ4n) is 2.26. The molecule has 21 heavy (non-hydrogen) atoms. The molecular formula is C15H20N2O3S. The summed E-state index contributed by atoms with van der Waals surface area (Å²) in [5.41, 5.74) is 3.73. The van der Waals surface area contributed by atoms with Crippen molar-refractivity contribution in [3.05, 3.63) is 29.3 Å². The number of carbonyl (C=O) groups is 1. The van der Waals surface area contributed by atoms with Crippen LogP contribution in [-0.4, -0.2) is 36.4 Å². The molecule has 0 aromatic heterocycles. The van der Waals surface area contributed by atoms with Gasteiger partial charge in [0, 0.05) is 12.7 Å². The van der Waals surface area contributed by atoms with E-state index in [1.165, 1.54) is 22.6 Å². The summed E-state index contributed by atoms with van der Waals surface area (Å²) in [5.74, 6) is -0.412. The van der Waals surface area contributed by atoms with Crippen molar-refractivity contribution in [3.63, 3.8) is 0 Å². The van der Waals surface area contributed by atoms with Gasteiger partial charge in [-0.15, -0.1) is 0 Å². The largest absolute Gasteiger partial charge is 0.464 e. The molecule has 1 aliphatic carbocycles. The number of esters is 1. The second-order valence-electron chi connectivity index (χ2n) is 4.84. The highest BCUT2D eigenvalue weighted by Gasteiger charge is 2.13. The number of nitrogens with one attached hydrogen (secondary N) is 1. The number of carbonyl (C=O) groups excluding carboxylic acids is 1. The zero-order chi connectivity index (χ0) is 15.2. The number of nitrogens with zero attached hydrogens (tertiary/aromatic N) is 1. The Morgan fingerprint density at radius 3 is 2.90 bits per heavy atom. The molecule has 5 nitrogen and oxygen atoms in total. The highest BCUT2D eigenvalue weighted by atomic mass is 32.1. The SMILES string of the molecule is CCOC(=O)CON(C)C(=S)Nc1ccc2c(c1)CCC2. The zero-order valence-electron chi connectivity index (χ0n) is 12.3. The van der Waals surface area contributed by atoms with Crippen LogP contribution in [0.25, 0.3) is 0 Å². The van der Waals surface area contributed by atoms with Crippen molar-refractivity contribution < 1.29 is 14.4 Å². The third kappa shape index (κ3) is 4.41. The minimum atomic E-state index is -0.412. The number of ether oxygens (including phenoxy) is 1. The van der Waals surface area contributed by atoms with Crippen LogP contribution in [0.5, 0.6) is 0 Å². The molecule has 0 radical (unpaired) electrons. The monoisotopic (exact) mass is 308 g/mol. The van der Waals surface area contributed by atoms with Gasteiger partial charge >= 0.3 is 5.97 Å². The quantitative estimate of drug-likeness (QED) is 0.512. The van der Waals surface area contributed by atoms with Crippen LogP contribution in [0.15, 0.2) is 18.2 Å². The summed E-state index contributed by atoms with van der Waals surface area (Å²) >= 11 is 5.24. The molecule has 1 aliphatic rings. The Labute approximate surface area is 130 Å². The number of anilines is 1. The zero-order valence-corrected chi connectivity index (χ0v) is 13.2. The highest BCUT2D eigenvalue weighted by molar-refractivity contribution is 7.80. The fraction of sp³-hybridized carbons (Fsp3) is 0.467. The van der Waals surface area contributed by atoms with Gasteiger partial charge in [-0.3, -0.25) is 4.84 Å². The molecule has 0 atom stereocenters. The van der Waals surface area contributed by atoms with Crippen LogP contribution in [-0.2, 0) is 27.2 Å². The summed E-state index contributed by atoms with van der Waals surface area (Å²) in [6, 6.07) is 6.26. The summed E-state index contributed by atoms with van der Waals surface area (Å²) in [6.07, 6.45) is 3.49. The third-order valence-electron chi connectivity index (χ3n) is 3.32. The van der Waals surface area contributed by atoms with Crippen molar-refractivity contribution in [3.8, 4) is 0 Å². The lowest BCUT2D eigenvalue weighted by Crippen LogP contribution is -2.33. The van der Waals surface area contributed by atoms with Gasteiger partial charge < -0.3 is 10.1 Å². The predicted octanol–water partition coefficient (Wildman–Crippen LogP) is 2.30. The fourth-order valence-corrected chi connectivity index (χ4v) is 2.43. The van der Waals surface area contributed by atoms with Gasteiger partial charge in [0.25, 0.3) is 0 Å². The lowest BCUT2D eigenvalue weighted by molar-refractivity contribution is -0.161. The summed E-state index contributed by atoms with van der Waals surface area (Å²) < 4.78 is 4.79. The molecule has 1 aromatic rings. The Hall–Kier alpha value is -1.66. The molecular weight excluding hydrogens is 288 g/mol. The standard InChI is InChI=1S/C15H20N2O3S/c1-3-19-14(18)10-20-17(2)15(21)16-13-8-7-11-5-4-6-12(11)9-13/h7-9H,3-6,10H2,1-2H3,(H,16,21). The minimum absolute atomic E-state index is 0.156.